The van der Waals surface area contributed by atoms with Crippen LogP contribution >= 0.6 is 11.8 Å². The monoisotopic (exact) mass is 300 g/mol. The first-order valence-electron chi connectivity index (χ1n) is 6.50. The van der Waals surface area contributed by atoms with Gasteiger partial charge >= 0.3 is 0 Å². The predicted molar refractivity (Wildman–Crippen MR) is 85.6 cm³/mol. The van der Waals surface area contributed by atoms with E-state index in [1.807, 2.05) is 30.3 Å². The van der Waals surface area contributed by atoms with E-state index >= 15 is 0 Å². The summed E-state index contributed by atoms with van der Waals surface area (Å²) >= 11 is 1.48. The maximum Gasteiger partial charge on any atom is 0.234 e. The standard InChI is InChI=1S/C16H16N2O2S/c17-10-15(19)12-6-8-13(9-7-12)18-16(20)11-21-14-4-2-1-3-5-14/h1-9H,10-11,17H2,(H,18,20). The summed E-state index contributed by atoms with van der Waals surface area (Å²) in [5.74, 6) is 0.141. The Balaban J connectivity index is 1.86. The van der Waals surface area contributed by atoms with Gasteiger partial charge in [-0.1, -0.05) is 18.2 Å². The van der Waals surface area contributed by atoms with Gasteiger partial charge < -0.3 is 11.1 Å². The molecule has 0 unspecified atom stereocenters. The number of carbonyl (C=O) groups excluding carboxylic acids is 2. The summed E-state index contributed by atoms with van der Waals surface area (Å²) in [6.07, 6.45) is 0. The van der Waals surface area contributed by atoms with Crippen molar-refractivity contribution in [3.05, 3.63) is 60.2 Å². The molecule has 1 amide bonds. The molecule has 4 nitrogen and oxygen atoms in total. The molecular weight excluding hydrogens is 284 g/mol. The third kappa shape index (κ3) is 4.73. The average molecular weight is 300 g/mol. The van der Waals surface area contributed by atoms with Gasteiger partial charge in [0.1, 0.15) is 0 Å². The van der Waals surface area contributed by atoms with Gasteiger partial charge in [0.15, 0.2) is 5.78 Å². The molecule has 0 bridgehead atoms. The van der Waals surface area contributed by atoms with E-state index in [4.69, 9.17) is 5.73 Å². The summed E-state index contributed by atoms with van der Waals surface area (Å²) in [7, 11) is 0. The van der Waals surface area contributed by atoms with Gasteiger partial charge in [-0.25, -0.2) is 0 Å². The van der Waals surface area contributed by atoms with Crippen molar-refractivity contribution in [1.29, 1.82) is 0 Å². The third-order valence-corrected chi connectivity index (χ3v) is 3.80. The third-order valence-electron chi connectivity index (χ3n) is 2.79. The Kier molecular flexibility index (Phi) is 5.54. The maximum atomic E-state index is 11.8. The fourth-order valence-corrected chi connectivity index (χ4v) is 2.44. The van der Waals surface area contributed by atoms with E-state index in [1.165, 1.54) is 11.8 Å². The first-order valence-corrected chi connectivity index (χ1v) is 7.48. The predicted octanol–water partition coefficient (Wildman–Crippen LogP) is 2.56. The molecule has 0 saturated carbocycles. The van der Waals surface area contributed by atoms with Crippen molar-refractivity contribution in [2.75, 3.05) is 17.6 Å². The van der Waals surface area contributed by atoms with Crippen LogP contribution in [0.25, 0.3) is 0 Å². The molecule has 0 aromatic heterocycles. The fourth-order valence-electron chi connectivity index (χ4n) is 1.72. The number of anilines is 1. The second-order valence-electron chi connectivity index (χ2n) is 4.35. The van der Waals surface area contributed by atoms with Gasteiger partial charge in [0.2, 0.25) is 5.91 Å². The van der Waals surface area contributed by atoms with E-state index in [-0.39, 0.29) is 18.2 Å². The summed E-state index contributed by atoms with van der Waals surface area (Å²) in [5, 5.41) is 2.79. The van der Waals surface area contributed by atoms with Crippen LogP contribution in [-0.2, 0) is 4.79 Å². The molecule has 0 aliphatic heterocycles. The van der Waals surface area contributed by atoms with Crippen molar-refractivity contribution in [3.8, 4) is 0 Å². The molecule has 5 heteroatoms. The van der Waals surface area contributed by atoms with Crippen molar-refractivity contribution in [2.24, 2.45) is 5.73 Å². The SMILES string of the molecule is NCC(=O)c1ccc(NC(=O)CSc2ccccc2)cc1. The van der Waals surface area contributed by atoms with Gasteiger partial charge in [0, 0.05) is 16.1 Å². The van der Waals surface area contributed by atoms with E-state index in [0.717, 1.165) is 4.90 Å². The van der Waals surface area contributed by atoms with Gasteiger partial charge in [-0.15, -0.1) is 11.8 Å². The van der Waals surface area contributed by atoms with Crippen molar-refractivity contribution in [3.63, 3.8) is 0 Å². The number of amides is 1. The number of Topliss-reactive ketones (excluding diaryl/α,β-unsaturated/α-hetero) is 1. The van der Waals surface area contributed by atoms with Crippen LogP contribution in [0.15, 0.2) is 59.5 Å². The van der Waals surface area contributed by atoms with Gasteiger partial charge in [-0.05, 0) is 36.4 Å². The zero-order valence-corrected chi connectivity index (χ0v) is 12.2. The number of ketones is 1. The molecule has 0 atom stereocenters. The summed E-state index contributed by atoms with van der Waals surface area (Å²) in [6, 6.07) is 16.5. The minimum atomic E-state index is -0.118. The zero-order chi connectivity index (χ0) is 15.1. The van der Waals surface area contributed by atoms with Crippen molar-refractivity contribution >= 4 is 29.1 Å². The molecule has 108 valence electrons. The largest absolute Gasteiger partial charge is 0.325 e. The van der Waals surface area contributed by atoms with Crippen LogP contribution in [0.2, 0.25) is 0 Å². The first kappa shape index (κ1) is 15.3. The van der Waals surface area contributed by atoms with Crippen LogP contribution in [0.5, 0.6) is 0 Å². The van der Waals surface area contributed by atoms with Crippen molar-refractivity contribution < 1.29 is 9.59 Å². The molecular formula is C16H16N2O2S. The highest BCUT2D eigenvalue weighted by molar-refractivity contribution is 8.00. The Hall–Kier alpha value is -2.11. The molecule has 21 heavy (non-hydrogen) atoms. The molecule has 0 aliphatic rings. The summed E-state index contributed by atoms with van der Waals surface area (Å²) in [4.78, 5) is 24.3. The Labute approximate surface area is 127 Å². The van der Waals surface area contributed by atoms with Gasteiger partial charge in [-0.3, -0.25) is 9.59 Å². The Morgan fingerprint density at radius 3 is 2.29 bits per heavy atom. The summed E-state index contributed by atoms with van der Waals surface area (Å²) < 4.78 is 0. The second kappa shape index (κ2) is 7.61. The number of benzene rings is 2. The lowest BCUT2D eigenvalue weighted by Crippen LogP contribution is -2.15. The minimum Gasteiger partial charge on any atom is -0.325 e. The van der Waals surface area contributed by atoms with Gasteiger partial charge in [0.05, 0.1) is 12.3 Å². The van der Waals surface area contributed by atoms with E-state index in [9.17, 15) is 9.59 Å². The first-order chi connectivity index (χ1) is 10.2. The van der Waals surface area contributed by atoms with Crippen LogP contribution in [0, 0.1) is 0 Å². The van der Waals surface area contributed by atoms with E-state index < -0.39 is 0 Å². The molecule has 2 aromatic carbocycles. The number of nitrogens with two attached hydrogens (primary N) is 1. The summed E-state index contributed by atoms with van der Waals surface area (Å²) in [6.45, 7) is -0.0145. The molecule has 0 spiro atoms. The molecule has 2 rings (SSSR count). The van der Waals surface area contributed by atoms with Crippen molar-refractivity contribution in [2.45, 2.75) is 4.90 Å². The Morgan fingerprint density at radius 1 is 1.00 bits per heavy atom. The minimum absolute atomic E-state index is 0.0145. The number of hydrogen-bond acceptors (Lipinski definition) is 4. The highest BCUT2D eigenvalue weighted by atomic mass is 32.2. The molecule has 3 N–H and O–H groups in total. The number of rotatable bonds is 6. The number of carbonyl (C=O) groups is 2. The molecule has 2 aromatic rings. The Morgan fingerprint density at radius 2 is 1.67 bits per heavy atom. The lowest BCUT2D eigenvalue weighted by molar-refractivity contribution is -0.113. The van der Waals surface area contributed by atoms with Crippen LogP contribution in [0.3, 0.4) is 0 Å². The van der Waals surface area contributed by atoms with Gasteiger partial charge in [-0.2, -0.15) is 0 Å². The zero-order valence-electron chi connectivity index (χ0n) is 11.4. The van der Waals surface area contributed by atoms with Crippen LogP contribution in [0.1, 0.15) is 10.4 Å². The van der Waals surface area contributed by atoms with Crippen molar-refractivity contribution in [1.82, 2.24) is 0 Å². The van der Waals surface area contributed by atoms with Crippen LogP contribution in [0.4, 0.5) is 5.69 Å². The fraction of sp³-hybridized carbons (Fsp3) is 0.125. The number of nitrogens with one attached hydrogen (secondary N) is 1. The maximum absolute atomic E-state index is 11.8. The Bertz CT molecular complexity index is 612. The molecule has 0 heterocycles. The highest BCUT2D eigenvalue weighted by Gasteiger charge is 2.06. The normalized spacial score (nSPS) is 10.1. The van der Waals surface area contributed by atoms with E-state index in [2.05, 4.69) is 5.32 Å². The average Bonchev–Trinajstić information content (AvgIpc) is 2.54. The quantitative estimate of drug-likeness (QED) is 0.635. The molecule has 0 aliphatic carbocycles. The lowest BCUT2D eigenvalue weighted by Gasteiger charge is -2.06. The lowest BCUT2D eigenvalue weighted by atomic mass is 10.1. The number of thioether (sulfide) groups is 1. The second-order valence-corrected chi connectivity index (χ2v) is 5.40. The van der Waals surface area contributed by atoms with Gasteiger partial charge in [0.25, 0.3) is 0 Å². The highest BCUT2D eigenvalue weighted by Crippen LogP contribution is 2.17. The summed E-state index contributed by atoms with van der Waals surface area (Å²) in [5.41, 5.74) is 6.51. The van der Waals surface area contributed by atoms with E-state index in [1.54, 1.807) is 24.3 Å². The topological polar surface area (TPSA) is 72.2 Å². The van der Waals surface area contributed by atoms with Crippen LogP contribution < -0.4 is 11.1 Å². The molecule has 0 saturated heterocycles. The number of hydrogen-bond donors (Lipinski definition) is 2. The molecule has 0 radical (unpaired) electrons. The smallest absolute Gasteiger partial charge is 0.234 e. The molecule has 0 fully saturated rings. The van der Waals surface area contributed by atoms with E-state index in [0.29, 0.717) is 17.0 Å². The van der Waals surface area contributed by atoms with Crippen LogP contribution in [-0.4, -0.2) is 24.0 Å².